The fourth-order valence-corrected chi connectivity index (χ4v) is 2.97. The molecule has 1 aromatic rings. The van der Waals surface area contributed by atoms with Gasteiger partial charge in [-0.2, -0.15) is 0 Å². The molecule has 0 amide bonds. The number of aromatic amines is 1. The minimum atomic E-state index is -3.48. The molecule has 1 aromatic heterocycles. The van der Waals surface area contributed by atoms with Gasteiger partial charge in [0, 0.05) is 11.4 Å². The molecule has 0 unspecified atom stereocenters. The maximum atomic E-state index is 12.3. The number of esters is 1. The maximum absolute atomic E-state index is 12.3. The van der Waals surface area contributed by atoms with Crippen molar-refractivity contribution >= 4 is 21.6 Å². The number of hydrogen-bond acceptors (Lipinski definition) is 5. The number of ketones is 1. The molecule has 0 aliphatic carbocycles. The summed E-state index contributed by atoms with van der Waals surface area (Å²) in [5.41, 5.74) is 1.32. The van der Waals surface area contributed by atoms with E-state index in [4.69, 9.17) is 0 Å². The standard InChI is InChI=1S/C13H19NO5S/c1-6-20(17,18)9(4)12(15)11-7(2)10(8(3)14-11)13(16)19-5/h9,14H,6H2,1-5H3/t9-/m0/s1. The maximum Gasteiger partial charge on any atom is 0.339 e. The van der Waals surface area contributed by atoms with Gasteiger partial charge in [-0.05, 0) is 26.3 Å². The van der Waals surface area contributed by atoms with Gasteiger partial charge in [0.15, 0.2) is 15.6 Å². The highest BCUT2D eigenvalue weighted by molar-refractivity contribution is 7.92. The summed E-state index contributed by atoms with van der Waals surface area (Å²) in [5, 5.41) is -1.14. The second-order valence-corrected chi connectivity index (χ2v) is 7.18. The van der Waals surface area contributed by atoms with Gasteiger partial charge in [-0.3, -0.25) is 4.79 Å². The Hall–Kier alpha value is -1.63. The largest absolute Gasteiger partial charge is 0.465 e. The zero-order valence-electron chi connectivity index (χ0n) is 12.2. The first kappa shape index (κ1) is 16.4. The fourth-order valence-electron chi connectivity index (χ4n) is 2.02. The Morgan fingerprint density at radius 3 is 2.30 bits per heavy atom. The first-order valence-corrected chi connectivity index (χ1v) is 7.92. The van der Waals surface area contributed by atoms with Gasteiger partial charge < -0.3 is 9.72 Å². The first-order chi connectivity index (χ1) is 9.17. The third-order valence-corrected chi connectivity index (χ3v) is 5.48. The molecule has 0 aliphatic rings. The van der Waals surface area contributed by atoms with Crippen molar-refractivity contribution in [2.45, 2.75) is 32.9 Å². The summed E-state index contributed by atoms with van der Waals surface area (Å²) in [6, 6.07) is 0. The number of sulfone groups is 1. The minimum absolute atomic E-state index is 0.109. The van der Waals surface area contributed by atoms with Crippen molar-refractivity contribution in [3.8, 4) is 0 Å². The van der Waals surface area contributed by atoms with E-state index >= 15 is 0 Å². The summed E-state index contributed by atoms with van der Waals surface area (Å²) in [6.45, 7) is 6.07. The van der Waals surface area contributed by atoms with Crippen LogP contribution in [0.3, 0.4) is 0 Å². The fraction of sp³-hybridized carbons (Fsp3) is 0.538. The highest BCUT2D eigenvalue weighted by Gasteiger charge is 2.31. The number of H-pyrrole nitrogens is 1. The Bertz CT molecular complexity index is 642. The molecule has 20 heavy (non-hydrogen) atoms. The Balaban J connectivity index is 3.30. The normalized spacial score (nSPS) is 13.1. The molecule has 112 valence electrons. The number of ether oxygens (including phenoxy) is 1. The van der Waals surface area contributed by atoms with Crippen LogP contribution in [-0.4, -0.2) is 43.3 Å². The van der Waals surface area contributed by atoms with Gasteiger partial charge in [-0.15, -0.1) is 0 Å². The molecule has 6 nitrogen and oxygen atoms in total. The first-order valence-electron chi connectivity index (χ1n) is 6.20. The Morgan fingerprint density at radius 2 is 1.85 bits per heavy atom. The SMILES string of the molecule is CCS(=O)(=O)[C@@H](C)C(=O)c1[nH]c(C)c(C(=O)OC)c1C. The van der Waals surface area contributed by atoms with E-state index in [0.717, 1.165) is 0 Å². The second kappa shape index (κ2) is 5.78. The van der Waals surface area contributed by atoms with E-state index in [1.54, 1.807) is 13.8 Å². The number of aryl methyl sites for hydroxylation is 1. The van der Waals surface area contributed by atoms with Gasteiger partial charge in [-0.25, -0.2) is 13.2 Å². The van der Waals surface area contributed by atoms with Crippen LogP contribution in [0.25, 0.3) is 0 Å². The van der Waals surface area contributed by atoms with Crippen molar-refractivity contribution in [3.05, 3.63) is 22.5 Å². The average molecular weight is 301 g/mol. The summed E-state index contributed by atoms with van der Waals surface area (Å²) in [4.78, 5) is 26.7. The number of aromatic nitrogens is 1. The van der Waals surface area contributed by atoms with Crippen LogP contribution in [0.4, 0.5) is 0 Å². The number of hydrogen-bond donors (Lipinski definition) is 1. The lowest BCUT2D eigenvalue weighted by Crippen LogP contribution is -2.29. The van der Waals surface area contributed by atoms with E-state index in [9.17, 15) is 18.0 Å². The molecule has 0 saturated carbocycles. The van der Waals surface area contributed by atoms with Crippen molar-refractivity contribution < 1.29 is 22.7 Å². The summed E-state index contributed by atoms with van der Waals surface area (Å²) in [5.74, 6) is -1.20. The third-order valence-electron chi connectivity index (χ3n) is 3.38. The molecule has 1 heterocycles. The lowest BCUT2D eigenvalue weighted by Gasteiger charge is -2.10. The highest BCUT2D eigenvalue weighted by Crippen LogP contribution is 2.21. The van der Waals surface area contributed by atoms with E-state index < -0.39 is 26.8 Å². The summed E-state index contributed by atoms with van der Waals surface area (Å²) < 4.78 is 28.2. The Labute approximate surface area is 118 Å². The van der Waals surface area contributed by atoms with Gasteiger partial charge in [0.1, 0.15) is 5.25 Å². The van der Waals surface area contributed by atoms with E-state index in [1.807, 2.05) is 0 Å². The summed E-state index contributed by atoms with van der Waals surface area (Å²) >= 11 is 0. The van der Waals surface area contributed by atoms with Crippen LogP contribution in [0, 0.1) is 13.8 Å². The van der Waals surface area contributed by atoms with Gasteiger partial charge >= 0.3 is 5.97 Å². The van der Waals surface area contributed by atoms with Gasteiger partial charge in [0.05, 0.1) is 18.4 Å². The van der Waals surface area contributed by atoms with E-state index in [0.29, 0.717) is 11.3 Å². The van der Waals surface area contributed by atoms with Crippen LogP contribution in [-0.2, 0) is 14.6 Å². The lowest BCUT2D eigenvalue weighted by atomic mass is 10.1. The molecule has 1 rings (SSSR count). The number of rotatable bonds is 5. The van der Waals surface area contributed by atoms with Crippen LogP contribution in [0.1, 0.15) is 46.0 Å². The van der Waals surface area contributed by atoms with Gasteiger partial charge in [0.2, 0.25) is 0 Å². The number of nitrogens with one attached hydrogen (secondary N) is 1. The zero-order valence-corrected chi connectivity index (χ0v) is 13.1. The average Bonchev–Trinajstić information content (AvgIpc) is 2.71. The smallest absolute Gasteiger partial charge is 0.339 e. The van der Waals surface area contributed by atoms with Crippen LogP contribution >= 0.6 is 0 Å². The molecule has 1 atom stereocenters. The second-order valence-electron chi connectivity index (χ2n) is 4.57. The molecule has 0 saturated heterocycles. The number of carbonyl (C=O) groups is 2. The molecule has 0 aromatic carbocycles. The monoisotopic (exact) mass is 301 g/mol. The number of Topliss-reactive ketones (excluding diaryl/α,β-unsaturated/α-hetero) is 1. The number of methoxy groups -OCH3 is 1. The number of carbonyl (C=O) groups excluding carboxylic acids is 2. The molecular weight excluding hydrogens is 282 g/mol. The Kier molecular flexibility index (Phi) is 4.75. The predicted molar refractivity (Wildman–Crippen MR) is 74.9 cm³/mol. The van der Waals surface area contributed by atoms with Crippen LogP contribution in [0.5, 0.6) is 0 Å². The third kappa shape index (κ3) is 2.77. The quantitative estimate of drug-likeness (QED) is 0.656. The zero-order chi connectivity index (χ0) is 15.7. The molecule has 0 bridgehead atoms. The topological polar surface area (TPSA) is 93.3 Å². The molecule has 1 N–H and O–H groups in total. The molecule has 0 aliphatic heterocycles. The lowest BCUT2D eigenvalue weighted by molar-refractivity contribution is 0.0599. The highest BCUT2D eigenvalue weighted by atomic mass is 32.2. The van der Waals surface area contributed by atoms with E-state index in [1.165, 1.54) is 21.0 Å². The van der Waals surface area contributed by atoms with Crippen LogP contribution in [0.2, 0.25) is 0 Å². The van der Waals surface area contributed by atoms with Gasteiger partial charge in [0.25, 0.3) is 0 Å². The van der Waals surface area contributed by atoms with E-state index in [-0.39, 0.29) is 17.0 Å². The molecule has 0 spiro atoms. The van der Waals surface area contributed by atoms with Crippen LogP contribution < -0.4 is 0 Å². The van der Waals surface area contributed by atoms with Crippen LogP contribution in [0.15, 0.2) is 0 Å². The van der Waals surface area contributed by atoms with Crippen molar-refractivity contribution in [2.24, 2.45) is 0 Å². The van der Waals surface area contributed by atoms with Crippen molar-refractivity contribution in [2.75, 3.05) is 12.9 Å². The summed E-state index contributed by atoms with van der Waals surface area (Å²) in [7, 11) is -2.23. The van der Waals surface area contributed by atoms with Crippen molar-refractivity contribution in [1.29, 1.82) is 0 Å². The molecule has 0 radical (unpaired) electrons. The predicted octanol–water partition coefficient (Wildman–Crippen LogP) is 1.42. The molecule has 7 heteroatoms. The van der Waals surface area contributed by atoms with Gasteiger partial charge in [-0.1, -0.05) is 6.92 Å². The van der Waals surface area contributed by atoms with Crippen molar-refractivity contribution in [1.82, 2.24) is 4.98 Å². The Morgan fingerprint density at radius 1 is 1.30 bits per heavy atom. The minimum Gasteiger partial charge on any atom is -0.465 e. The molecule has 0 fully saturated rings. The van der Waals surface area contributed by atoms with E-state index in [2.05, 4.69) is 9.72 Å². The molecular formula is C13H19NO5S. The van der Waals surface area contributed by atoms with Crippen molar-refractivity contribution in [3.63, 3.8) is 0 Å². The summed E-state index contributed by atoms with van der Waals surface area (Å²) in [6.07, 6.45) is 0.